The second-order valence-corrected chi connectivity index (χ2v) is 3.98. The summed E-state index contributed by atoms with van der Waals surface area (Å²) in [7, 11) is 0. The lowest BCUT2D eigenvalue weighted by Gasteiger charge is -2.01. The van der Waals surface area contributed by atoms with Crippen LogP contribution in [0.3, 0.4) is 0 Å². The monoisotopic (exact) mass is 260 g/mol. The van der Waals surface area contributed by atoms with Gasteiger partial charge in [-0.3, -0.25) is 0 Å². The average Bonchev–Trinajstić information content (AvgIpc) is 1.97. The van der Waals surface area contributed by atoms with E-state index in [0.29, 0.717) is 3.92 Å². The number of rotatable bonds is 4. The first-order valence-electron chi connectivity index (χ1n) is 3.48. The molecule has 1 unspecified atom stereocenters. The van der Waals surface area contributed by atoms with Crippen molar-refractivity contribution in [2.24, 2.45) is 0 Å². The maximum Gasteiger partial charge on any atom is 0.0331 e. The molecule has 0 bridgehead atoms. The van der Waals surface area contributed by atoms with E-state index in [-0.39, 0.29) is 0 Å². The average molecular weight is 260 g/mol. The summed E-state index contributed by atoms with van der Waals surface area (Å²) in [5.41, 5.74) is 1.26. The Morgan fingerprint density at radius 1 is 1.36 bits per heavy atom. The van der Waals surface area contributed by atoms with Gasteiger partial charge in [-0.1, -0.05) is 66.1 Å². The Kier molecular flexibility index (Phi) is 6.22. The van der Waals surface area contributed by atoms with Gasteiger partial charge in [0.15, 0.2) is 0 Å². The highest BCUT2D eigenvalue weighted by molar-refractivity contribution is 14.1. The summed E-state index contributed by atoms with van der Waals surface area (Å²) in [4.78, 5) is 0. The number of alkyl halides is 1. The van der Waals surface area contributed by atoms with E-state index in [1.54, 1.807) is 12.2 Å². The van der Waals surface area contributed by atoms with Crippen LogP contribution in [-0.4, -0.2) is 3.92 Å². The van der Waals surface area contributed by atoms with Crippen molar-refractivity contribution in [2.45, 2.75) is 10.8 Å². The van der Waals surface area contributed by atoms with Gasteiger partial charge in [-0.2, -0.15) is 0 Å². The van der Waals surface area contributed by atoms with Gasteiger partial charge in [0.2, 0.25) is 0 Å². The molecule has 0 spiro atoms. The predicted octanol–water partition coefficient (Wildman–Crippen LogP) is 3.66. The largest absolute Gasteiger partial charge is 0.0991 e. The van der Waals surface area contributed by atoms with Crippen molar-refractivity contribution in [3.8, 4) is 0 Å². The molecule has 0 fully saturated rings. The zero-order chi connectivity index (χ0) is 8.69. The molecule has 1 heteroatoms. The first kappa shape index (κ1) is 10.7. The highest BCUT2D eigenvalue weighted by Crippen LogP contribution is 2.13. The molecule has 0 radical (unpaired) electrons. The number of allylic oxidation sites excluding steroid dienone is 6. The second kappa shape index (κ2) is 6.40. The Hall–Kier alpha value is -0.310. The maximum atomic E-state index is 3.65. The molecule has 0 aliphatic carbocycles. The van der Waals surface area contributed by atoms with Gasteiger partial charge in [0, 0.05) is 3.92 Å². The van der Waals surface area contributed by atoms with Crippen molar-refractivity contribution in [2.75, 3.05) is 0 Å². The SMILES string of the molecule is C=C/C=C\C(=C/C=C)C(C)I. The Labute approximate surface area is 82.5 Å². The highest BCUT2D eigenvalue weighted by Gasteiger charge is 1.97. The fourth-order valence-corrected chi connectivity index (χ4v) is 1.05. The predicted molar refractivity (Wildman–Crippen MR) is 61.1 cm³/mol. The first-order valence-corrected chi connectivity index (χ1v) is 4.72. The summed E-state index contributed by atoms with van der Waals surface area (Å²) >= 11 is 2.37. The maximum absolute atomic E-state index is 3.65. The Balaban J connectivity index is 4.34. The van der Waals surface area contributed by atoms with Crippen LogP contribution in [0.1, 0.15) is 6.92 Å². The van der Waals surface area contributed by atoms with Crippen LogP contribution in [0.15, 0.2) is 49.1 Å². The molecule has 0 rings (SSSR count). The van der Waals surface area contributed by atoms with Crippen LogP contribution >= 0.6 is 22.6 Å². The highest BCUT2D eigenvalue weighted by atomic mass is 127. The van der Waals surface area contributed by atoms with Crippen molar-refractivity contribution in [1.82, 2.24) is 0 Å². The van der Waals surface area contributed by atoms with E-state index in [4.69, 9.17) is 0 Å². The molecule has 0 saturated heterocycles. The standard InChI is InChI=1S/C10H13I/c1-4-6-8-10(7-5-2)9(3)11/h4-9H,1-2H2,3H3/b8-6-,10-7+. The zero-order valence-corrected chi connectivity index (χ0v) is 8.91. The van der Waals surface area contributed by atoms with Crippen LogP contribution in [0.2, 0.25) is 0 Å². The van der Waals surface area contributed by atoms with Crippen LogP contribution in [0.4, 0.5) is 0 Å². The first-order chi connectivity index (χ1) is 5.22. The number of hydrogen-bond acceptors (Lipinski definition) is 0. The molecular formula is C10H13I. The fraction of sp³-hybridized carbons (Fsp3) is 0.200. The minimum absolute atomic E-state index is 0.516. The van der Waals surface area contributed by atoms with E-state index in [2.05, 4.69) is 42.7 Å². The molecule has 0 saturated carbocycles. The normalized spacial score (nSPS) is 14.9. The van der Waals surface area contributed by atoms with Crippen molar-refractivity contribution in [3.05, 3.63) is 49.1 Å². The van der Waals surface area contributed by atoms with E-state index >= 15 is 0 Å². The molecule has 0 aromatic heterocycles. The van der Waals surface area contributed by atoms with Crippen LogP contribution in [-0.2, 0) is 0 Å². The smallest absolute Gasteiger partial charge is 0.0331 e. The summed E-state index contributed by atoms with van der Waals surface area (Å²) in [6, 6.07) is 0. The molecule has 0 aromatic rings. The second-order valence-electron chi connectivity index (χ2n) is 2.11. The van der Waals surface area contributed by atoms with Crippen LogP contribution in [0.5, 0.6) is 0 Å². The summed E-state index contributed by atoms with van der Waals surface area (Å²) < 4.78 is 0.516. The van der Waals surface area contributed by atoms with Crippen molar-refractivity contribution in [3.63, 3.8) is 0 Å². The quantitative estimate of drug-likeness (QED) is 0.411. The van der Waals surface area contributed by atoms with Gasteiger partial charge in [0.05, 0.1) is 0 Å². The molecule has 0 aromatic carbocycles. The van der Waals surface area contributed by atoms with Gasteiger partial charge in [0.25, 0.3) is 0 Å². The molecule has 0 amide bonds. The summed E-state index contributed by atoms with van der Waals surface area (Å²) in [5.74, 6) is 0. The van der Waals surface area contributed by atoms with Gasteiger partial charge >= 0.3 is 0 Å². The van der Waals surface area contributed by atoms with E-state index < -0.39 is 0 Å². The van der Waals surface area contributed by atoms with Gasteiger partial charge in [0.1, 0.15) is 0 Å². The van der Waals surface area contributed by atoms with Gasteiger partial charge < -0.3 is 0 Å². The van der Waals surface area contributed by atoms with E-state index in [9.17, 15) is 0 Å². The third kappa shape index (κ3) is 5.01. The lowest BCUT2D eigenvalue weighted by molar-refractivity contribution is 1.22. The molecular weight excluding hydrogens is 247 g/mol. The molecule has 0 nitrogen and oxygen atoms in total. The molecule has 1 atom stereocenters. The number of halogens is 1. The van der Waals surface area contributed by atoms with Crippen LogP contribution < -0.4 is 0 Å². The molecule has 0 heterocycles. The fourth-order valence-electron chi connectivity index (χ4n) is 0.636. The minimum Gasteiger partial charge on any atom is -0.0991 e. The summed E-state index contributed by atoms with van der Waals surface area (Å²) in [5, 5.41) is 0. The topological polar surface area (TPSA) is 0 Å². The molecule has 11 heavy (non-hydrogen) atoms. The third-order valence-corrected chi connectivity index (χ3v) is 1.91. The zero-order valence-electron chi connectivity index (χ0n) is 6.76. The Morgan fingerprint density at radius 2 is 2.00 bits per heavy atom. The van der Waals surface area contributed by atoms with Crippen molar-refractivity contribution < 1.29 is 0 Å². The number of hydrogen-bond donors (Lipinski definition) is 0. The molecule has 0 aliphatic rings. The molecule has 60 valence electrons. The van der Waals surface area contributed by atoms with E-state index in [1.807, 2.05) is 18.2 Å². The van der Waals surface area contributed by atoms with Crippen LogP contribution in [0.25, 0.3) is 0 Å². The molecule has 0 aliphatic heterocycles. The lowest BCUT2D eigenvalue weighted by Crippen LogP contribution is -1.91. The summed E-state index contributed by atoms with van der Waals surface area (Å²) in [6.07, 6.45) is 9.57. The summed E-state index contributed by atoms with van der Waals surface area (Å²) in [6.45, 7) is 9.40. The minimum atomic E-state index is 0.516. The molecule has 0 N–H and O–H groups in total. The lowest BCUT2D eigenvalue weighted by atomic mass is 10.2. The van der Waals surface area contributed by atoms with Crippen molar-refractivity contribution in [1.29, 1.82) is 0 Å². The van der Waals surface area contributed by atoms with Crippen LogP contribution in [0, 0.1) is 0 Å². The van der Waals surface area contributed by atoms with E-state index in [1.165, 1.54) is 5.57 Å². The Bertz CT molecular complexity index is 185. The third-order valence-electron chi connectivity index (χ3n) is 1.19. The van der Waals surface area contributed by atoms with Crippen molar-refractivity contribution >= 4 is 22.6 Å². The van der Waals surface area contributed by atoms with E-state index in [0.717, 1.165) is 0 Å². The van der Waals surface area contributed by atoms with Gasteiger partial charge in [-0.15, -0.1) is 0 Å². The Morgan fingerprint density at radius 3 is 2.36 bits per heavy atom. The van der Waals surface area contributed by atoms with Gasteiger partial charge in [-0.25, -0.2) is 0 Å². The van der Waals surface area contributed by atoms with Gasteiger partial charge in [-0.05, 0) is 12.5 Å².